The van der Waals surface area contributed by atoms with E-state index < -0.39 is 5.54 Å². The molecule has 1 saturated carbocycles. The number of carbonyl (C=O) groups is 1. The molecule has 1 aliphatic carbocycles. The molecule has 18 heavy (non-hydrogen) atoms. The molecule has 1 aromatic rings. The van der Waals surface area contributed by atoms with E-state index in [1.54, 1.807) is 12.1 Å². The van der Waals surface area contributed by atoms with Crippen LogP contribution in [0.2, 0.25) is 5.02 Å². The molecule has 1 aliphatic rings. The third-order valence-corrected chi connectivity index (χ3v) is 3.90. The van der Waals surface area contributed by atoms with E-state index in [4.69, 9.17) is 17.3 Å². The first kappa shape index (κ1) is 13.4. The van der Waals surface area contributed by atoms with Crippen molar-refractivity contribution in [3.63, 3.8) is 0 Å². The van der Waals surface area contributed by atoms with E-state index in [1.807, 2.05) is 19.1 Å². The normalized spacial score (nSPS) is 27.8. The topological polar surface area (TPSA) is 55.1 Å². The first-order valence-electron chi connectivity index (χ1n) is 6.34. The van der Waals surface area contributed by atoms with Crippen molar-refractivity contribution in [2.24, 2.45) is 11.7 Å². The number of halogens is 1. The van der Waals surface area contributed by atoms with Gasteiger partial charge in [-0.1, -0.05) is 30.5 Å². The zero-order valence-corrected chi connectivity index (χ0v) is 11.3. The number of rotatable bonds is 2. The Bertz CT molecular complexity index is 445. The fourth-order valence-corrected chi connectivity index (χ4v) is 2.77. The lowest BCUT2D eigenvalue weighted by Crippen LogP contribution is -2.51. The Balaban J connectivity index is 2.07. The fourth-order valence-electron chi connectivity index (χ4n) is 2.58. The van der Waals surface area contributed by atoms with E-state index in [0.29, 0.717) is 5.02 Å². The second-order valence-corrected chi connectivity index (χ2v) is 5.74. The molecule has 2 unspecified atom stereocenters. The third kappa shape index (κ3) is 3.03. The van der Waals surface area contributed by atoms with Crippen LogP contribution in [0, 0.1) is 5.92 Å². The number of hydrogen-bond acceptors (Lipinski definition) is 2. The van der Waals surface area contributed by atoms with Gasteiger partial charge in [-0.05, 0) is 38.0 Å². The van der Waals surface area contributed by atoms with Crippen molar-refractivity contribution >= 4 is 23.2 Å². The lowest BCUT2D eigenvalue weighted by Gasteiger charge is -2.37. The van der Waals surface area contributed by atoms with Gasteiger partial charge in [-0.15, -0.1) is 0 Å². The van der Waals surface area contributed by atoms with Crippen LogP contribution in [-0.4, -0.2) is 11.4 Å². The number of nitrogens with two attached hydrogens (primary N) is 1. The number of anilines is 1. The van der Waals surface area contributed by atoms with Crippen LogP contribution in [0.3, 0.4) is 0 Å². The van der Waals surface area contributed by atoms with E-state index >= 15 is 0 Å². The third-order valence-electron chi connectivity index (χ3n) is 3.66. The molecule has 0 spiro atoms. The molecule has 1 amide bonds. The quantitative estimate of drug-likeness (QED) is 0.864. The van der Waals surface area contributed by atoms with Crippen LogP contribution in [0.15, 0.2) is 24.3 Å². The van der Waals surface area contributed by atoms with Gasteiger partial charge in [-0.3, -0.25) is 4.79 Å². The highest BCUT2D eigenvalue weighted by Crippen LogP contribution is 2.32. The van der Waals surface area contributed by atoms with Gasteiger partial charge in [0.15, 0.2) is 0 Å². The minimum absolute atomic E-state index is 0.00182. The maximum Gasteiger partial charge on any atom is 0.229 e. The maximum absolute atomic E-state index is 12.3. The molecule has 1 aromatic carbocycles. The van der Waals surface area contributed by atoms with Gasteiger partial charge in [0.25, 0.3) is 0 Å². The van der Waals surface area contributed by atoms with E-state index in [2.05, 4.69) is 5.32 Å². The number of benzene rings is 1. The van der Waals surface area contributed by atoms with Crippen LogP contribution in [0.4, 0.5) is 5.69 Å². The lowest BCUT2D eigenvalue weighted by molar-refractivity contribution is -0.122. The summed E-state index contributed by atoms with van der Waals surface area (Å²) < 4.78 is 0. The standard InChI is InChI=1S/C14H19ClN2O/c1-14(16)8-3-2-7-12(14)13(18)17-11-6-4-5-10(15)9-11/h4-6,9,12H,2-3,7-8,16H2,1H3,(H,17,18). The molecule has 0 aromatic heterocycles. The Labute approximate surface area is 113 Å². The summed E-state index contributed by atoms with van der Waals surface area (Å²) in [5, 5.41) is 3.52. The Morgan fingerprint density at radius 2 is 2.28 bits per heavy atom. The second kappa shape index (κ2) is 5.29. The Morgan fingerprint density at radius 3 is 2.94 bits per heavy atom. The highest BCUT2D eigenvalue weighted by molar-refractivity contribution is 6.30. The molecule has 3 nitrogen and oxygen atoms in total. The lowest BCUT2D eigenvalue weighted by atomic mass is 9.74. The van der Waals surface area contributed by atoms with Gasteiger partial charge in [0, 0.05) is 16.2 Å². The van der Waals surface area contributed by atoms with E-state index in [1.165, 1.54) is 0 Å². The molecule has 0 bridgehead atoms. The SMILES string of the molecule is CC1(N)CCCCC1C(=O)Nc1cccc(Cl)c1. The van der Waals surface area contributed by atoms with Gasteiger partial charge >= 0.3 is 0 Å². The minimum Gasteiger partial charge on any atom is -0.326 e. The average Bonchev–Trinajstić information content (AvgIpc) is 2.28. The number of hydrogen-bond donors (Lipinski definition) is 2. The molecule has 2 rings (SSSR count). The van der Waals surface area contributed by atoms with E-state index in [0.717, 1.165) is 31.4 Å². The Kier molecular flexibility index (Phi) is 3.93. The molecular weight excluding hydrogens is 248 g/mol. The predicted molar refractivity (Wildman–Crippen MR) is 74.6 cm³/mol. The average molecular weight is 267 g/mol. The zero-order chi connectivity index (χ0) is 13.2. The van der Waals surface area contributed by atoms with E-state index in [-0.39, 0.29) is 11.8 Å². The van der Waals surface area contributed by atoms with Gasteiger partial charge in [0.2, 0.25) is 5.91 Å². The summed E-state index contributed by atoms with van der Waals surface area (Å²) in [4.78, 5) is 12.3. The highest BCUT2D eigenvalue weighted by Gasteiger charge is 2.37. The van der Waals surface area contributed by atoms with Crippen molar-refractivity contribution in [3.8, 4) is 0 Å². The van der Waals surface area contributed by atoms with Crippen LogP contribution >= 0.6 is 11.6 Å². The van der Waals surface area contributed by atoms with Crippen LogP contribution in [0.1, 0.15) is 32.6 Å². The summed E-state index contributed by atoms with van der Waals surface area (Å²) in [5.74, 6) is -0.118. The van der Waals surface area contributed by atoms with Crippen molar-refractivity contribution in [3.05, 3.63) is 29.3 Å². The molecule has 0 heterocycles. The summed E-state index contributed by atoms with van der Waals surface area (Å²) in [7, 11) is 0. The molecule has 2 atom stereocenters. The summed E-state index contributed by atoms with van der Waals surface area (Å²) in [6.07, 6.45) is 3.94. The van der Waals surface area contributed by atoms with Crippen molar-refractivity contribution in [1.82, 2.24) is 0 Å². The van der Waals surface area contributed by atoms with Crippen LogP contribution in [0.25, 0.3) is 0 Å². The first-order valence-corrected chi connectivity index (χ1v) is 6.72. The molecule has 1 fully saturated rings. The van der Waals surface area contributed by atoms with Crippen LogP contribution in [0.5, 0.6) is 0 Å². The van der Waals surface area contributed by atoms with Gasteiger partial charge in [0.05, 0.1) is 5.92 Å². The maximum atomic E-state index is 12.3. The molecule has 3 N–H and O–H groups in total. The number of carbonyl (C=O) groups excluding carboxylic acids is 1. The van der Waals surface area contributed by atoms with Gasteiger partial charge in [-0.25, -0.2) is 0 Å². The molecule has 0 saturated heterocycles. The largest absolute Gasteiger partial charge is 0.326 e. The smallest absolute Gasteiger partial charge is 0.229 e. The van der Waals surface area contributed by atoms with Crippen LogP contribution in [-0.2, 0) is 4.79 Å². The molecule has 0 aliphatic heterocycles. The van der Waals surface area contributed by atoms with Crippen molar-refractivity contribution in [1.29, 1.82) is 0 Å². The Morgan fingerprint density at radius 1 is 1.50 bits per heavy atom. The molecule has 4 heteroatoms. The van der Waals surface area contributed by atoms with Gasteiger partial charge in [-0.2, -0.15) is 0 Å². The van der Waals surface area contributed by atoms with Crippen molar-refractivity contribution < 1.29 is 4.79 Å². The number of amides is 1. The van der Waals surface area contributed by atoms with E-state index in [9.17, 15) is 4.79 Å². The summed E-state index contributed by atoms with van der Waals surface area (Å²) in [6.45, 7) is 1.97. The van der Waals surface area contributed by atoms with Gasteiger partial charge < -0.3 is 11.1 Å². The van der Waals surface area contributed by atoms with Gasteiger partial charge in [0.1, 0.15) is 0 Å². The molecule has 0 radical (unpaired) electrons. The zero-order valence-electron chi connectivity index (χ0n) is 10.6. The number of nitrogens with one attached hydrogen (secondary N) is 1. The predicted octanol–water partition coefficient (Wildman–Crippen LogP) is 3.19. The summed E-state index contributed by atoms with van der Waals surface area (Å²) in [6, 6.07) is 7.18. The van der Waals surface area contributed by atoms with Crippen molar-refractivity contribution in [2.45, 2.75) is 38.1 Å². The Hall–Kier alpha value is -1.06. The summed E-state index contributed by atoms with van der Waals surface area (Å²) in [5.41, 5.74) is 6.55. The van der Waals surface area contributed by atoms with Crippen molar-refractivity contribution in [2.75, 3.05) is 5.32 Å². The molecular formula is C14H19ClN2O. The minimum atomic E-state index is -0.402. The monoisotopic (exact) mass is 266 g/mol. The fraction of sp³-hybridized carbons (Fsp3) is 0.500. The second-order valence-electron chi connectivity index (χ2n) is 5.30. The first-order chi connectivity index (χ1) is 8.49. The van der Waals surface area contributed by atoms with Crippen LogP contribution < -0.4 is 11.1 Å². The highest BCUT2D eigenvalue weighted by atomic mass is 35.5. The molecule has 98 valence electrons. The summed E-state index contributed by atoms with van der Waals surface area (Å²) >= 11 is 5.89.